The van der Waals surface area contributed by atoms with Crippen LogP contribution in [0.15, 0.2) is 17.6 Å². The first kappa shape index (κ1) is 11.4. The number of carbonyl (C=O) groups excluding carboxylic acids is 1. The molecule has 1 N–H and O–H groups in total. The molecule has 16 heavy (non-hydrogen) atoms. The number of nitrogens with zero attached hydrogens (tertiary/aromatic N) is 3. The average Bonchev–Trinajstić information content (AvgIpc) is 2.64. The Bertz CT molecular complexity index is 451. The molecule has 1 unspecified atom stereocenters. The zero-order chi connectivity index (χ0) is 11.7. The number of hydrogen-bond acceptors (Lipinski definition) is 4. The number of ketones is 1. The van der Waals surface area contributed by atoms with E-state index in [-0.39, 0.29) is 11.8 Å². The van der Waals surface area contributed by atoms with Crippen LogP contribution in [0.1, 0.15) is 19.9 Å². The Balaban J connectivity index is 2.46. The molecule has 0 aromatic carbocycles. The molecule has 1 aliphatic rings. The average molecular weight is 285 g/mol. The van der Waals surface area contributed by atoms with Gasteiger partial charge in [-0.25, -0.2) is 0 Å². The van der Waals surface area contributed by atoms with Crippen LogP contribution in [0.2, 0.25) is 11.1 Å². The van der Waals surface area contributed by atoms with Gasteiger partial charge in [0.05, 0.1) is 0 Å². The van der Waals surface area contributed by atoms with Crippen LogP contribution >= 0.6 is 0 Å². The van der Waals surface area contributed by atoms with Gasteiger partial charge < -0.3 is 0 Å². The Labute approximate surface area is 100 Å². The third-order valence-electron chi connectivity index (χ3n) is 2.61. The van der Waals surface area contributed by atoms with E-state index in [1.807, 2.05) is 11.6 Å². The minimum atomic E-state index is 0.0567. The molecule has 0 radical (unpaired) electrons. The monoisotopic (exact) mass is 286 g/mol. The first-order chi connectivity index (χ1) is 7.65. The van der Waals surface area contributed by atoms with Gasteiger partial charge in [-0.15, -0.1) is 0 Å². The third-order valence-corrected chi connectivity index (χ3v) is 3.97. The van der Waals surface area contributed by atoms with E-state index in [2.05, 4.69) is 21.2 Å². The van der Waals surface area contributed by atoms with Crippen molar-refractivity contribution in [3.63, 3.8) is 0 Å². The van der Waals surface area contributed by atoms with Gasteiger partial charge >= 0.3 is 100 Å². The predicted octanol–water partition coefficient (Wildman–Crippen LogP) is 1.28. The van der Waals surface area contributed by atoms with Gasteiger partial charge in [-0.1, -0.05) is 0 Å². The van der Waals surface area contributed by atoms with Gasteiger partial charge in [-0.3, -0.25) is 0 Å². The molecule has 1 aromatic heterocycles. The van der Waals surface area contributed by atoms with Gasteiger partial charge in [0.15, 0.2) is 0 Å². The number of aromatic nitrogens is 3. The molecular formula is C10H14N4OSe. The topological polar surface area (TPSA) is 59.8 Å². The quantitative estimate of drug-likeness (QED) is 0.850. The molecule has 1 aliphatic heterocycles. The number of allylic oxidation sites excluding steroid dienone is 2. The van der Waals surface area contributed by atoms with Crippen molar-refractivity contribution in [2.24, 2.45) is 0 Å². The van der Waals surface area contributed by atoms with Crippen molar-refractivity contribution < 1.29 is 4.79 Å². The summed E-state index contributed by atoms with van der Waals surface area (Å²) < 4.78 is 1.81. The van der Waals surface area contributed by atoms with Gasteiger partial charge in [0, 0.05) is 0 Å². The SMILES string of the molecule is C[Se]CC1C(C(C)=O)=C(C)Nc2ncnn21. The van der Waals surface area contributed by atoms with Crippen molar-refractivity contribution in [3.8, 4) is 0 Å². The maximum atomic E-state index is 11.7. The van der Waals surface area contributed by atoms with E-state index in [0.717, 1.165) is 22.5 Å². The van der Waals surface area contributed by atoms with E-state index in [9.17, 15) is 4.79 Å². The molecule has 5 nitrogen and oxygen atoms in total. The second-order valence-electron chi connectivity index (χ2n) is 3.72. The Hall–Kier alpha value is -1.13. The van der Waals surface area contributed by atoms with Crippen LogP contribution in [0.4, 0.5) is 5.95 Å². The number of fused-ring (bicyclic) bond motifs is 1. The summed E-state index contributed by atoms with van der Waals surface area (Å²) in [7, 11) is 0. The molecule has 86 valence electrons. The summed E-state index contributed by atoms with van der Waals surface area (Å²) in [4.78, 5) is 15.8. The molecule has 0 bridgehead atoms. The second-order valence-corrected chi connectivity index (χ2v) is 5.63. The van der Waals surface area contributed by atoms with Crippen LogP contribution in [0.5, 0.6) is 0 Å². The fourth-order valence-electron chi connectivity index (χ4n) is 1.99. The summed E-state index contributed by atoms with van der Waals surface area (Å²) in [5.41, 5.74) is 1.74. The molecule has 2 rings (SSSR count). The third kappa shape index (κ3) is 1.79. The summed E-state index contributed by atoms with van der Waals surface area (Å²) in [5.74, 6) is 3.01. The summed E-state index contributed by atoms with van der Waals surface area (Å²) in [6, 6.07) is 0.0567. The van der Waals surface area contributed by atoms with Crippen molar-refractivity contribution >= 4 is 26.7 Å². The molecule has 0 saturated heterocycles. The van der Waals surface area contributed by atoms with Crippen molar-refractivity contribution in [3.05, 3.63) is 17.6 Å². The molecule has 2 heterocycles. The summed E-state index contributed by atoms with van der Waals surface area (Å²) in [6.07, 6.45) is 1.52. The van der Waals surface area contributed by atoms with Gasteiger partial charge in [0.25, 0.3) is 0 Å². The zero-order valence-corrected chi connectivity index (χ0v) is 11.2. The molecule has 0 amide bonds. The molecule has 1 atom stereocenters. The molecule has 0 saturated carbocycles. The summed E-state index contributed by atoms with van der Waals surface area (Å²) >= 11 is 0.492. The summed E-state index contributed by atoms with van der Waals surface area (Å²) in [5, 5.41) is 8.27. The van der Waals surface area contributed by atoms with E-state index < -0.39 is 0 Å². The molecule has 6 heteroatoms. The van der Waals surface area contributed by atoms with Gasteiger partial charge in [0.1, 0.15) is 0 Å². The molecule has 0 aliphatic carbocycles. The van der Waals surface area contributed by atoms with Crippen LogP contribution in [0.25, 0.3) is 0 Å². The predicted molar refractivity (Wildman–Crippen MR) is 62.5 cm³/mol. The van der Waals surface area contributed by atoms with Gasteiger partial charge in [0.2, 0.25) is 0 Å². The first-order valence-electron chi connectivity index (χ1n) is 5.02. The fourth-order valence-corrected chi connectivity index (χ4v) is 3.29. The van der Waals surface area contributed by atoms with Crippen LogP contribution in [-0.2, 0) is 4.79 Å². The fraction of sp³-hybridized carbons (Fsp3) is 0.500. The van der Waals surface area contributed by atoms with Crippen molar-refractivity contribution in [1.29, 1.82) is 0 Å². The minimum absolute atomic E-state index is 0.0567. The van der Waals surface area contributed by atoms with Gasteiger partial charge in [-0.2, -0.15) is 0 Å². The number of Topliss-reactive ketones (excluding diaryl/α,β-unsaturated/α-hetero) is 1. The molecule has 0 fully saturated rings. The van der Waals surface area contributed by atoms with E-state index in [4.69, 9.17) is 0 Å². The number of rotatable bonds is 3. The van der Waals surface area contributed by atoms with Crippen LogP contribution in [-0.4, -0.2) is 35.5 Å². The maximum absolute atomic E-state index is 11.7. The summed E-state index contributed by atoms with van der Waals surface area (Å²) in [6.45, 7) is 3.53. The van der Waals surface area contributed by atoms with Crippen molar-refractivity contribution in [2.75, 3.05) is 5.32 Å². The standard InChI is InChI=1S/C10H14N4OSe/c1-6-9(7(2)15)8(4-16-3)14-10(13-6)11-5-12-14/h5,8H,4H2,1-3H3,(H,11,12,13). The number of anilines is 1. The Morgan fingerprint density at radius 2 is 2.44 bits per heavy atom. The van der Waals surface area contributed by atoms with E-state index >= 15 is 0 Å². The molecule has 0 spiro atoms. The number of carbonyl (C=O) groups is 1. The Morgan fingerprint density at radius 3 is 3.06 bits per heavy atom. The van der Waals surface area contributed by atoms with Gasteiger partial charge in [-0.05, 0) is 0 Å². The molecular weight excluding hydrogens is 271 g/mol. The molecule has 1 aromatic rings. The van der Waals surface area contributed by atoms with E-state index in [1.54, 1.807) is 6.92 Å². The second kappa shape index (κ2) is 4.39. The first-order valence-corrected chi connectivity index (χ1v) is 7.94. The van der Waals surface area contributed by atoms with Crippen molar-refractivity contribution in [2.45, 2.75) is 31.0 Å². The Morgan fingerprint density at radius 1 is 1.69 bits per heavy atom. The van der Waals surface area contributed by atoms with E-state index in [0.29, 0.717) is 15.0 Å². The van der Waals surface area contributed by atoms with Crippen LogP contribution in [0, 0.1) is 0 Å². The Kier molecular flexibility index (Phi) is 3.12. The zero-order valence-electron chi connectivity index (χ0n) is 9.52. The van der Waals surface area contributed by atoms with E-state index in [1.165, 1.54) is 6.33 Å². The van der Waals surface area contributed by atoms with Crippen LogP contribution < -0.4 is 5.32 Å². The van der Waals surface area contributed by atoms with Crippen LogP contribution in [0.3, 0.4) is 0 Å². The number of hydrogen-bond donors (Lipinski definition) is 1. The normalized spacial score (nSPS) is 19.3. The number of nitrogens with one attached hydrogen (secondary N) is 1. The van der Waals surface area contributed by atoms with Crippen molar-refractivity contribution in [1.82, 2.24) is 14.8 Å².